The van der Waals surface area contributed by atoms with Crippen molar-refractivity contribution in [2.24, 2.45) is 17.1 Å². The van der Waals surface area contributed by atoms with Gasteiger partial charge in [-0.25, -0.2) is 0 Å². The third-order valence-corrected chi connectivity index (χ3v) is 5.00. The summed E-state index contributed by atoms with van der Waals surface area (Å²) < 4.78 is 6.18. The Balaban J connectivity index is 1.81. The zero-order valence-corrected chi connectivity index (χ0v) is 11.6. The molecule has 2 aliphatic carbocycles. The van der Waals surface area contributed by atoms with E-state index in [-0.39, 0.29) is 0 Å². The first-order chi connectivity index (χ1) is 8.19. The van der Waals surface area contributed by atoms with Gasteiger partial charge in [-0.3, -0.25) is 0 Å². The number of hydrogen-bond donors (Lipinski definition) is 1. The molecule has 2 N–H and O–H groups in total. The molecule has 0 heterocycles. The van der Waals surface area contributed by atoms with Crippen LogP contribution in [0.4, 0.5) is 0 Å². The fraction of sp³-hybridized carbons (Fsp3) is 1.00. The summed E-state index contributed by atoms with van der Waals surface area (Å²) in [5.41, 5.74) is 6.63. The Bertz CT molecular complexity index is 235. The summed E-state index contributed by atoms with van der Waals surface area (Å²) >= 11 is 0. The molecule has 0 aromatic carbocycles. The topological polar surface area (TPSA) is 35.2 Å². The van der Waals surface area contributed by atoms with Gasteiger partial charge in [0, 0.05) is 18.1 Å². The predicted octanol–water partition coefficient (Wildman–Crippen LogP) is 3.49. The maximum absolute atomic E-state index is 6.26. The second-order valence-corrected chi connectivity index (χ2v) is 6.35. The van der Waals surface area contributed by atoms with Gasteiger partial charge in [0.2, 0.25) is 0 Å². The van der Waals surface area contributed by atoms with Crippen LogP contribution >= 0.6 is 0 Å². The van der Waals surface area contributed by atoms with Gasteiger partial charge in [0.25, 0.3) is 0 Å². The van der Waals surface area contributed by atoms with Crippen LogP contribution < -0.4 is 5.73 Å². The molecule has 0 saturated heterocycles. The number of ether oxygens (including phenoxy) is 1. The summed E-state index contributed by atoms with van der Waals surface area (Å²) in [4.78, 5) is 0. The van der Waals surface area contributed by atoms with Crippen molar-refractivity contribution in [2.75, 3.05) is 6.61 Å². The minimum atomic E-state index is 0.365. The maximum atomic E-state index is 6.26. The van der Waals surface area contributed by atoms with Crippen molar-refractivity contribution in [2.45, 2.75) is 77.4 Å². The van der Waals surface area contributed by atoms with Gasteiger partial charge in [0.05, 0.1) is 6.10 Å². The van der Waals surface area contributed by atoms with Crippen molar-refractivity contribution >= 4 is 0 Å². The zero-order valence-electron chi connectivity index (χ0n) is 11.6. The highest BCUT2D eigenvalue weighted by atomic mass is 16.5. The Labute approximate surface area is 106 Å². The highest BCUT2D eigenvalue weighted by Crippen LogP contribution is 2.52. The summed E-state index contributed by atoms with van der Waals surface area (Å²) in [7, 11) is 0. The first-order valence-electron chi connectivity index (χ1n) is 7.56. The van der Waals surface area contributed by atoms with Gasteiger partial charge in [0.15, 0.2) is 0 Å². The molecular formula is C15H29NO. The van der Waals surface area contributed by atoms with E-state index in [9.17, 15) is 0 Å². The van der Waals surface area contributed by atoms with E-state index in [1.807, 2.05) is 0 Å². The minimum Gasteiger partial charge on any atom is -0.377 e. The molecule has 100 valence electrons. The highest BCUT2D eigenvalue weighted by molar-refractivity contribution is 5.07. The molecule has 2 rings (SSSR count). The molecule has 0 bridgehead atoms. The smallest absolute Gasteiger partial charge is 0.0661 e. The second kappa shape index (κ2) is 5.71. The van der Waals surface area contributed by atoms with E-state index in [4.69, 9.17) is 10.5 Å². The SMILES string of the molecule is CCCC(C)COC1CC(N)C12CCCCC2. The Kier molecular flexibility index (Phi) is 4.48. The third kappa shape index (κ3) is 2.68. The predicted molar refractivity (Wildman–Crippen MR) is 71.9 cm³/mol. The first-order valence-corrected chi connectivity index (χ1v) is 7.56. The molecule has 3 unspecified atom stereocenters. The van der Waals surface area contributed by atoms with Crippen molar-refractivity contribution < 1.29 is 4.74 Å². The zero-order chi connectivity index (χ0) is 12.3. The van der Waals surface area contributed by atoms with Gasteiger partial charge < -0.3 is 10.5 Å². The van der Waals surface area contributed by atoms with Crippen molar-refractivity contribution in [3.05, 3.63) is 0 Å². The molecule has 2 nitrogen and oxygen atoms in total. The van der Waals surface area contributed by atoms with E-state index in [2.05, 4.69) is 13.8 Å². The van der Waals surface area contributed by atoms with Crippen LogP contribution in [0, 0.1) is 11.3 Å². The lowest BCUT2D eigenvalue weighted by atomic mass is 9.55. The lowest BCUT2D eigenvalue weighted by Crippen LogP contribution is -2.63. The van der Waals surface area contributed by atoms with Crippen LogP contribution in [0.25, 0.3) is 0 Å². The highest BCUT2D eigenvalue weighted by Gasteiger charge is 2.53. The molecule has 17 heavy (non-hydrogen) atoms. The first kappa shape index (κ1) is 13.4. The molecule has 2 aliphatic rings. The Morgan fingerprint density at radius 2 is 2.00 bits per heavy atom. The summed E-state index contributed by atoms with van der Waals surface area (Å²) in [5.74, 6) is 0.706. The van der Waals surface area contributed by atoms with E-state index >= 15 is 0 Å². The van der Waals surface area contributed by atoms with Gasteiger partial charge >= 0.3 is 0 Å². The van der Waals surface area contributed by atoms with E-state index in [0.717, 1.165) is 13.0 Å². The Morgan fingerprint density at radius 3 is 2.59 bits per heavy atom. The number of hydrogen-bond acceptors (Lipinski definition) is 2. The molecule has 0 radical (unpaired) electrons. The lowest BCUT2D eigenvalue weighted by Gasteiger charge is -2.56. The summed E-state index contributed by atoms with van der Waals surface area (Å²) in [6.45, 7) is 5.49. The maximum Gasteiger partial charge on any atom is 0.0661 e. The number of nitrogens with two attached hydrogens (primary N) is 1. The van der Waals surface area contributed by atoms with Gasteiger partial charge in [-0.2, -0.15) is 0 Å². The number of rotatable bonds is 5. The molecule has 0 amide bonds. The molecular weight excluding hydrogens is 210 g/mol. The van der Waals surface area contributed by atoms with E-state index in [1.165, 1.54) is 44.9 Å². The van der Waals surface area contributed by atoms with Gasteiger partial charge in [-0.05, 0) is 31.6 Å². The van der Waals surface area contributed by atoms with Crippen LogP contribution in [-0.4, -0.2) is 18.8 Å². The summed E-state index contributed by atoms with van der Waals surface area (Å²) in [5, 5.41) is 0. The summed E-state index contributed by atoms with van der Waals surface area (Å²) in [6, 6.07) is 0.411. The molecule has 3 atom stereocenters. The van der Waals surface area contributed by atoms with Crippen molar-refractivity contribution in [1.82, 2.24) is 0 Å². The van der Waals surface area contributed by atoms with E-state index in [0.29, 0.717) is 23.5 Å². The van der Waals surface area contributed by atoms with Gasteiger partial charge in [0.1, 0.15) is 0 Å². The molecule has 2 heteroatoms. The fourth-order valence-corrected chi connectivity index (χ4v) is 3.77. The van der Waals surface area contributed by atoms with E-state index < -0.39 is 0 Å². The quantitative estimate of drug-likeness (QED) is 0.797. The van der Waals surface area contributed by atoms with Crippen LogP contribution in [0.1, 0.15) is 65.2 Å². The Morgan fingerprint density at radius 1 is 1.29 bits per heavy atom. The normalized spacial score (nSPS) is 33.4. The largest absolute Gasteiger partial charge is 0.377 e. The van der Waals surface area contributed by atoms with Crippen LogP contribution in [-0.2, 0) is 4.74 Å². The van der Waals surface area contributed by atoms with Crippen molar-refractivity contribution in [1.29, 1.82) is 0 Å². The van der Waals surface area contributed by atoms with Gasteiger partial charge in [-0.1, -0.05) is 39.5 Å². The summed E-state index contributed by atoms with van der Waals surface area (Å²) in [6.07, 6.45) is 10.8. The average Bonchev–Trinajstić information content (AvgIpc) is 2.35. The van der Waals surface area contributed by atoms with Crippen LogP contribution in [0.2, 0.25) is 0 Å². The fourth-order valence-electron chi connectivity index (χ4n) is 3.77. The molecule has 0 aliphatic heterocycles. The standard InChI is InChI=1S/C15H29NO/c1-3-7-12(2)11-17-14-10-13(16)15(14)8-5-4-6-9-15/h12-14H,3-11,16H2,1-2H3. The Hall–Kier alpha value is -0.0800. The van der Waals surface area contributed by atoms with Crippen LogP contribution in [0.3, 0.4) is 0 Å². The minimum absolute atomic E-state index is 0.365. The van der Waals surface area contributed by atoms with E-state index in [1.54, 1.807) is 0 Å². The average molecular weight is 239 g/mol. The van der Waals surface area contributed by atoms with Crippen LogP contribution in [0.5, 0.6) is 0 Å². The molecule has 2 fully saturated rings. The monoisotopic (exact) mass is 239 g/mol. The second-order valence-electron chi connectivity index (χ2n) is 6.35. The lowest BCUT2D eigenvalue weighted by molar-refractivity contribution is -0.149. The van der Waals surface area contributed by atoms with Crippen LogP contribution in [0.15, 0.2) is 0 Å². The molecule has 1 spiro atoms. The van der Waals surface area contributed by atoms with Crippen molar-refractivity contribution in [3.63, 3.8) is 0 Å². The van der Waals surface area contributed by atoms with Crippen molar-refractivity contribution in [3.8, 4) is 0 Å². The molecule has 2 saturated carbocycles. The molecule has 0 aromatic rings. The van der Waals surface area contributed by atoms with Gasteiger partial charge in [-0.15, -0.1) is 0 Å². The third-order valence-electron chi connectivity index (χ3n) is 5.00. The molecule has 0 aromatic heterocycles.